The number of nitrogens with zero attached hydrogens (tertiary/aromatic N) is 2. The maximum atomic E-state index is 13.3. The van der Waals surface area contributed by atoms with Crippen LogP contribution in [0.4, 0.5) is 0 Å². The van der Waals surface area contributed by atoms with Crippen molar-refractivity contribution >= 4 is 34.1 Å². The third kappa shape index (κ3) is 4.53. The fourth-order valence-corrected chi connectivity index (χ4v) is 5.94. The van der Waals surface area contributed by atoms with Crippen molar-refractivity contribution in [3.05, 3.63) is 98.3 Å². The van der Waals surface area contributed by atoms with E-state index in [0.717, 1.165) is 59.2 Å². The lowest BCUT2D eigenvalue weighted by Gasteiger charge is -2.35. The van der Waals surface area contributed by atoms with Crippen molar-refractivity contribution in [2.75, 3.05) is 13.1 Å². The SMILES string of the molecule is Cc1cccc(Cl)c1-n1c(=O)ccc2c(-c3ccccc3Cl)cc(C3CCN(C(C)C)CC3)cc21. The van der Waals surface area contributed by atoms with Crippen LogP contribution in [0.25, 0.3) is 27.7 Å². The van der Waals surface area contributed by atoms with E-state index in [0.29, 0.717) is 22.0 Å². The van der Waals surface area contributed by atoms with Crippen LogP contribution < -0.4 is 5.56 Å². The average Bonchev–Trinajstić information content (AvgIpc) is 2.85. The summed E-state index contributed by atoms with van der Waals surface area (Å²) >= 11 is 13.4. The number of hydrogen-bond donors (Lipinski definition) is 0. The lowest BCUT2D eigenvalue weighted by molar-refractivity contribution is 0.172. The molecule has 3 aromatic carbocycles. The van der Waals surface area contributed by atoms with Gasteiger partial charge in [-0.05, 0) is 93.6 Å². The number of hydrogen-bond acceptors (Lipinski definition) is 2. The quantitative estimate of drug-likeness (QED) is 0.282. The zero-order chi connectivity index (χ0) is 24.7. The maximum absolute atomic E-state index is 13.3. The zero-order valence-corrected chi connectivity index (χ0v) is 21.9. The molecule has 0 saturated carbocycles. The minimum absolute atomic E-state index is 0.0921. The molecule has 180 valence electrons. The van der Waals surface area contributed by atoms with Crippen molar-refractivity contribution in [3.63, 3.8) is 0 Å². The molecular weight excluding hydrogens is 475 g/mol. The second-order valence-corrected chi connectivity index (χ2v) is 10.6. The zero-order valence-electron chi connectivity index (χ0n) is 20.4. The van der Waals surface area contributed by atoms with Gasteiger partial charge in [0.25, 0.3) is 5.56 Å². The third-order valence-electron chi connectivity index (χ3n) is 7.34. The molecule has 0 bridgehead atoms. The van der Waals surface area contributed by atoms with Crippen LogP contribution in [0.5, 0.6) is 0 Å². The van der Waals surface area contributed by atoms with Crippen molar-refractivity contribution in [2.24, 2.45) is 0 Å². The highest BCUT2D eigenvalue weighted by molar-refractivity contribution is 6.34. The molecule has 1 fully saturated rings. The molecule has 0 spiro atoms. The standard InChI is InChI=1S/C30H30Cl2N2O/c1-19(2)33-15-13-21(14-16-33)22-17-25(23-8-4-5-9-26(23)31)24-11-12-29(35)34(28(24)18-22)30-20(3)7-6-10-27(30)32/h4-12,17-19,21H,13-16H2,1-3H3. The van der Waals surface area contributed by atoms with Gasteiger partial charge in [0.2, 0.25) is 0 Å². The number of aromatic nitrogens is 1. The second-order valence-electron chi connectivity index (χ2n) is 9.80. The molecule has 0 atom stereocenters. The Balaban J connectivity index is 1.78. The first-order valence-corrected chi connectivity index (χ1v) is 13.0. The summed E-state index contributed by atoms with van der Waals surface area (Å²) in [5, 5.41) is 2.25. The number of fused-ring (bicyclic) bond motifs is 1. The van der Waals surface area contributed by atoms with Gasteiger partial charge in [0.15, 0.2) is 0 Å². The molecule has 1 aromatic heterocycles. The van der Waals surface area contributed by atoms with E-state index >= 15 is 0 Å². The lowest BCUT2D eigenvalue weighted by Crippen LogP contribution is -2.37. The lowest BCUT2D eigenvalue weighted by atomic mass is 9.86. The predicted molar refractivity (Wildman–Crippen MR) is 148 cm³/mol. The Bertz CT molecular complexity index is 1430. The smallest absolute Gasteiger partial charge is 0.255 e. The van der Waals surface area contributed by atoms with Crippen LogP contribution >= 0.6 is 23.2 Å². The van der Waals surface area contributed by atoms with Gasteiger partial charge in [0, 0.05) is 28.1 Å². The van der Waals surface area contributed by atoms with Gasteiger partial charge in [-0.25, -0.2) is 0 Å². The second kappa shape index (κ2) is 9.81. The van der Waals surface area contributed by atoms with Gasteiger partial charge in [0.1, 0.15) is 0 Å². The maximum Gasteiger partial charge on any atom is 0.255 e. The van der Waals surface area contributed by atoms with Gasteiger partial charge in [0.05, 0.1) is 16.2 Å². The summed E-state index contributed by atoms with van der Waals surface area (Å²) < 4.78 is 1.78. The molecule has 5 rings (SSSR count). The normalized spacial score (nSPS) is 15.3. The van der Waals surface area contributed by atoms with Crippen LogP contribution in [0, 0.1) is 6.92 Å². The van der Waals surface area contributed by atoms with Gasteiger partial charge in [-0.2, -0.15) is 0 Å². The first kappa shape index (κ1) is 24.1. The van der Waals surface area contributed by atoms with E-state index in [2.05, 4.69) is 36.9 Å². The van der Waals surface area contributed by atoms with Crippen molar-refractivity contribution in [2.45, 2.75) is 45.6 Å². The first-order valence-electron chi connectivity index (χ1n) is 12.3. The minimum Gasteiger partial charge on any atom is -0.301 e. The summed E-state index contributed by atoms with van der Waals surface area (Å²) in [5.74, 6) is 0.423. The summed E-state index contributed by atoms with van der Waals surface area (Å²) in [6, 6.07) is 22.3. The molecule has 35 heavy (non-hydrogen) atoms. The van der Waals surface area contributed by atoms with E-state index in [1.807, 2.05) is 49.4 Å². The summed E-state index contributed by atoms with van der Waals surface area (Å²) in [7, 11) is 0. The van der Waals surface area contributed by atoms with Gasteiger partial charge < -0.3 is 4.90 Å². The number of halogens is 2. The molecule has 0 amide bonds. The summed E-state index contributed by atoms with van der Waals surface area (Å²) in [6.45, 7) is 8.67. The number of pyridine rings is 1. The Labute approximate surface area is 216 Å². The average molecular weight is 505 g/mol. The summed E-state index contributed by atoms with van der Waals surface area (Å²) in [4.78, 5) is 15.9. The van der Waals surface area contributed by atoms with Crippen molar-refractivity contribution in [1.82, 2.24) is 9.47 Å². The van der Waals surface area contributed by atoms with E-state index in [4.69, 9.17) is 23.2 Å². The van der Waals surface area contributed by atoms with Crippen LogP contribution in [-0.4, -0.2) is 28.6 Å². The van der Waals surface area contributed by atoms with E-state index < -0.39 is 0 Å². The molecule has 1 aliphatic heterocycles. The van der Waals surface area contributed by atoms with Crippen LogP contribution in [0.15, 0.2) is 71.5 Å². The number of benzene rings is 3. The molecule has 0 unspecified atom stereocenters. The molecule has 3 nitrogen and oxygen atoms in total. The summed E-state index contributed by atoms with van der Waals surface area (Å²) in [6.07, 6.45) is 2.18. The Morgan fingerprint density at radius 3 is 2.26 bits per heavy atom. The topological polar surface area (TPSA) is 25.2 Å². The minimum atomic E-state index is -0.0921. The molecule has 1 aliphatic rings. The monoisotopic (exact) mass is 504 g/mol. The van der Waals surface area contributed by atoms with Crippen molar-refractivity contribution in [3.8, 4) is 16.8 Å². The molecule has 4 aromatic rings. The highest BCUT2D eigenvalue weighted by Gasteiger charge is 2.24. The Hall–Kier alpha value is -2.59. The van der Waals surface area contributed by atoms with Crippen LogP contribution in [0.1, 0.15) is 43.7 Å². The van der Waals surface area contributed by atoms with E-state index in [-0.39, 0.29) is 5.56 Å². The number of piperidine rings is 1. The number of para-hydroxylation sites is 1. The number of aryl methyl sites for hydroxylation is 1. The van der Waals surface area contributed by atoms with Crippen molar-refractivity contribution in [1.29, 1.82) is 0 Å². The molecule has 0 aliphatic carbocycles. The highest BCUT2D eigenvalue weighted by Crippen LogP contribution is 2.39. The molecule has 5 heteroatoms. The van der Waals surface area contributed by atoms with E-state index in [1.165, 1.54) is 5.56 Å². The van der Waals surface area contributed by atoms with Gasteiger partial charge in [-0.1, -0.05) is 59.6 Å². The van der Waals surface area contributed by atoms with Gasteiger partial charge in [-0.3, -0.25) is 9.36 Å². The fraction of sp³-hybridized carbons (Fsp3) is 0.300. The highest BCUT2D eigenvalue weighted by atomic mass is 35.5. The Morgan fingerprint density at radius 1 is 0.857 bits per heavy atom. The third-order valence-corrected chi connectivity index (χ3v) is 7.98. The van der Waals surface area contributed by atoms with Crippen LogP contribution in [0.2, 0.25) is 10.0 Å². The van der Waals surface area contributed by atoms with Gasteiger partial charge >= 0.3 is 0 Å². The van der Waals surface area contributed by atoms with Crippen LogP contribution in [0.3, 0.4) is 0 Å². The summed E-state index contributed by atoms with van der Waals surface area (Å²) in [5.41, 5.74) is 5.75. The number of rotatable bonds is 4. The molecule has 2 heterocycles. The number of likely N-dealkylation sites (tertiary alicyclic amines) is 1. The molecule has 0 N–H and O–H groups in total. The molecular formula is C30H30Cl2N2O. The Morgan fingerprint density at radius 2 is 1.57 bits per heavy atom. The molecule has 1 saturated heterocycles. The predicted octanol–water partition coefficient (Wildman–Crippen LogP) is 7.86. The largest absolute Gasteiger partial charge is 0.301 e. The van der Waals surface area contributed by atoms with Crippen molar-refractivity contribution < 1.29 is 0 Å². The first-order chi connectivity index (χ1) is 16.8. The Kier molecular flexibility index (Phi) is 6.76. The van der Waals surface area contributed by atoms with Gasteiger partial charge in [-0.15, -0.1) is 0 Å². The van der Waals surface area contributed by atoms with Crippen LogP contribution in [-0.2, 0) is 0 Å². The fourth-order valence-electron chi connectivity index (χ4n) is 5.39. The van der Waals surface area contributed by atoms with E-state index in [9.17, 15) is 4.79 Å². The molecule has 0 radical (unpaired) electrons. The van der Waals surface area contributed by atoms with E-state index in [1.54, 1.807) is 10.6 Å².